The number of amides is 3. The zero-order valence-corrected chi connectivity index (χ0v) is 23.0. The van der Waals surface area contributed by atoms with E-state index in [-0.39, 0.29) is 24.0 Å². The van der Waals surface area contributed by atoms with Crippen molar-refractivity contribution in [1.29, 1.82) is 0 Å². The van der Waals surface area contributed by atoms with Gasteiger partial charge in [-0.2, -0.15) is 0 Å². The minimum Gasteiger partial charge on any atom is -0.489 e. The lowest BCUT2D eigenvalue weighted by atomic mass is 10.0. The summed E-state index contributed by atoms with van der Waals surface area (Å²) in [5.41, 5.74) is 0.849. The van der Waals surface area contributed by atoms with Gasteiger partial charge in [-0.05, 0) is 57.2 Å². The number of carbonyl (C=O) groups excluding carboxylic acids is 3. The van der Waals surface area contributed by atoms with Gasteiger partial charge in [-0.1, -0.05) is 18.2 Å². The molecule has 1 atom stereocenters. The van der Waals surface area contributed by atoms with Crippen molar-refractivity contribution in [2.24, 2.45) is 0 Å². The molecule has 9 heteroatoms. The second kappa shape index (κ2) is 11.3. The average Bonchev–Trinajstić information content (AvgIpc) is 3.36. The Kier molecular flexibility index (Phi) is 7.79. The molecule has 0 bridgehead atoms. The van der Waals surface area contributed by atoms with Crippen molar-refractivity contribution in [3.63, 3.8) is 0 Å². The second-order valence-corrected chi connectivity index (χ2v) is 11.5. The van der Waals surface area contributed by atoms with E-state index in [0.29, 0.717) is 56.6 Å². The van der Waals surface area contributed by atoms with Gasteiger partial charge in [0.25, 0.3) is 11.8 Å². The van der Waals surface area contributed by atoms with Crippen LogP contribution in [0.3, 0.4) is 0 Å². The fourth-order valence-corrected chi connectivity index (χ4v) is 5.27. The van der Waals surface area contributed by atoms with Crippen molar-refractivity contribution >= 4 is 17.9 Å². The van der Waals surface area contributed by atoms with Crippen LogP contribution in [0.2, 0.25) is 0 Å². The summed E-state index contributed by atoms with van der Waals surface area (Å²) in [4.78, 5) is 45.8. The molecule has 0 saturated carbocycles. The fraction of sp³-hybridized carbons (Fsp3) is 0.500. The summed E-state index contributed by atoms with van der Waals surface area (Å²) in [6.07, 6.45) is 0.327. The lowest BCUT2D eigenvalue weighted by Gasteiger charge is -2.48. The van der Waals surface area contributed by atoms with E-state index in [4.69, 9.17) is 9.47 Å². The summed E-state index contributed by atoms with van der Waals surface area (Å²) in [7, 11) is 0. The second-order valence-electron chi connectivity index (χ2n) is 11.5. The first-order chi connectivity index (χ1) is 18.7. The molecule has 1 unspecified atom stereocenters. The van der Waals surface area contributed by atoms with Gasteiger partial charge in [-0.25, -0.2) is 4.79 Å². The SMILES string of the molecule is CC(C)(C)OC(=O)N1CCC(Oc2ccc(C(=O)N3CC(N4CCN(C(=O)c5ccccc5)CC4)C3)cc2)C1. The molecule has 0 spiro atoms. The number of hydrogen-bond donors (Lipinski definition) is 0. The zero-order valence-electron chi connectivity index (χ0n) is 23.0. The Morgan fingerprint density at radius 3 is 1.97 bits per heavy atom. The van der Waals surface area contributed by atoms with E-state index < -0.39 is 5.60 Å². The lowest BCUT2D eigenvalue weighted by Crippen LogP contribution is -2.64. The van der Waals surface area contributed by atoms with E-state index in [0.717, 1.165) is 25.1 Å². The van der Waals surface area contributed by atoms with Crippen molar-refractivity contribution in [3.05, 3.63) is 65.7 Å². The van der Waals surface area contributed by atoms with Crippen molar-refractivity contribution in [3.8, 4) is 5.75 Å². The normalized spacial score (nSPS) is 20.5. The first-order valence-corrected chi connectivity index (χ1v) is 13.8. The predicted octanol–water partition coefficient (Wildman–Crippen LogP) is 3.36. The number of hydrogen-bond acceptors (Lipinski definition) is 6. The molecule has 0 aromatic heterocycles. The number of benzene rings is 2. The molecule has 39 heavy (non-hydrogen) atoms. The highest BCUT2D eigenvalue weighted by Crippen LogP contribution is 2.24. The van der Waals surface area contributed by atoms with Crippen LogP contribution in [0.1, 0.15) is 47.9 Å². The molecule has 0 aliphatic carbocycles. The molecule has 3 amide bonds. The van der Waals surface area contributed by atoms with E-state index in [1.807, 2.05) is 73.0 Å². The van der Waals surface area contributed by atoms with Gasteiger partial charge in [0.2, 0.25) is 0 Å². The largest absolute Gasteiger partial charge is 0.489 e. The molecule has 3 heterocycles. The van der Waals surface area contributed by atoms with Crippen LogP contribution < -0.4 is 4.74 Å². The monoisotopic (exact) mass is 534 g/mol. The van der Waals surface area contributed by atoms with Gasteiger partial charge in [0.15, 0.2) is 0 Å². The minimum absolute atomic E-state index is 0.0210. The van der Waals surface area contributed by atoms with Gasteiger partial charge in [-0.15, -0.1) is 0 Å². The Bertz CT molecular complexity index is 1170. The molecule has 0 radical (unpaired) electrons. The van der Waals surface area contributed by atoms with Crippen molar-refractivity contribution < 1.29 is 23.9 Å². The van der Waals surface area contributed by atoms with Crippen LogP contribution in [-0.4, -0.2) is 108 Å². The third-order valence-electron chi connectivity index (χ3n) is 7.49. The third-order valence-corrected chi connectivity index (χ3v) is 7.49. The summed E-state index contributed by atoms with van der Waals surface area (Å²) in [5.74, 6) is 0.793. The van der Waals surface area contributed by atoms with E-state index in [9.17, 15) is 14.4 Å². The van der Waals surface area contributed by atoms with E-state index in [1.54, 1.807) is 17.0 Å². The molecule has 0 N–H and O–H groups in total. The van der Waals surface area contributed by atoms with Crippen molar-refractivity contribution in [2.75, 3.05) is 52.4 Å². The van der Waals surface area contributed by atoms with Gasteiger partial charge in [-0.3, -0.25) is 14.5 Å². The van der Waals surface area contributed by atoms with Crippen LogP contribution in [0.5, 0.6) is 5.75 Å². The van der Waals surface area contributed by atoms with Crippen LogP contribution in [0.15, 0.2) is 54.6 Å². The molecule has 9 nitrogen and oxygen atoms in total. The Labute approximate surface area is 230 Å². The average molecular weight is 535 g/mol. The summed E-state index contributed by atoms with van der Waals surface area (Å²) in [6.45, 7) is 11.1. The maximum Gasteiger partial charge on any atom is 0.410 e. The topological polar surface area (TPSA) is 82.6 Å². The van der Waals surface area contributed by atoms with E-state index in [2.05, 4.69) is 4.90 Å². The minimum atomic E-state index is -0.521. The Morgan fingerprint density at radius 1 is 0.718 bits per heavy atom. The molecular formula is C30H38N4O5. The number of ether oxygens (including phenoxy) is 2. The van der Waals surface area contributed by atoms with E-state index >= 15 is 0 Å². The molecule has 3 saturated heterocycles. The van der Waals surface area contributed by atoms with Crippen molar-refractivity contribution in [1.82, 2.24) is 19.6 Å². The summed E-state index contributed by atoms with van der Waals surface area (Å²) >= 11 is 0. The van der Waals surface area contributed by atoms with Crippen molar-refractivity contribution in [2.45, 2.75) is 44.9 Å². The number of carbonyl (C=O) groups is 3. The number of nitrogens with zero attached hydrogens (tertiary/aromatic N) is 4. The quantitative estimate of drug-likeness (QED) is 0.585. The van der Waals surface area contributed by atoms with Crippen LogP contribution in [0, 0.1) is 0 Å². The molecule has 5 rings (SSSR count). The standard InChI is InChI=1S/C30H38N4O5/c1-30(2,3)39-29(37)33-14-13-26(21-33)38-25-11-9-23(10-12-25)28(36)34-19-24(20-34)31-15-17-32(18-16-31)27(35)22-7-5-4-6-8-22/h4-12,24,26H,13-21H2,1-3H3. The Hall–Kier alpha value is -3.59. The third kappa shape index (κ3) is 6.53. The Morgan fingerprint density at radius 2 is 1.33 bits per heavy atom. The lowest BCUT2D eigenvalue weighted by molar-refractivity contribution is 0.00850. The number of piperazine rings is 1. The smallest absolute Gasteiger partial charge is 0.410 e. The van der Waals surface area contributed by atoms with Crippen LogP contribution in [0.4, 0.5) is 4.79 Å². The molecule has 3 aliphatic rings. The summed E-state index contributed by atoms with van der Waals surface area (Å²) < 4.78 is 11.5. The van der Waals surface area contributed by atoms with E-state index in [1.165, 1.54) is 0 Å². The maximum atomic E-state index is 13.0. The first kappa shape index (κ1) is 27.0. The summed E-state index contributed by atoms with van der Waals surface area (Å²) in [6, 6.07) is 17.0. The van der Waals surface area contributed by atoms with Gasteiger partial charge < -0.3 is 24.2 Å². The molecule has 208 valence electrons. The number of likely N-dealkylation sites (tertiary alicyclic amines) is 2. The predicted molar refractivity (Wildman–Crippen MR) is 147 cm³/mol. The Balaban J connectivity index is 1.04. The zero-order chi connectivity index (χ0) is 27.6. The highest BCUT2D eigenvalue weighted by Gasteiger charge is 2.37. The number of rotatable bonds is 5. The molecule has 3 aliphatic heterocycles. The van der Waals surface area contributed by atoms with Crippen LogP contribution in [-0.2, 0) is 4.74 Å². The van der Waals surface area contributed by atoms with Gasteiger partial charge in [0.1, 0.15) is 17.5 Å². The van der Waals surface area contributed by atoms with Crippen LogP contribution in [0.25, 0.3) is 0 Å². The highest BCUT2D eigenvalue weighted by molar-refractivity contribution is 5.95. The molecule has 2 aromatic rings. The van der Waals surface area contributed by atoms with Gasteiger partial charge in [0, 0.05) is 69.4 Å². The fourth-order valence-electron chi connectivity index (χ4n) is 5.27. The molecule has 3 fully saturated rings. The highest BCUT2D eigenvalue weighted by atomic mass is 16.6. The maximum absolute atomic E-state index is 13.0. The molecular weight excluding hydrogens is 496 g/mol. The summed E-state index contributed by atoms with van der Waals surface area (Å²) in [5, 5.41) is 0. The van der Waals surface area contributed by atoms with Gasteiger partial charge in [0.05, 0.1) is 6.54 Å². The van der Waals surface area contributed by atoms with Gasteiger partial charge >= 0.3 is 6.09 Å². The molecule has 2 aromatic carbocycles. The first-order valence-electron chi connectivity index (χ1n) is 13.8. The van der Waals surface area contributed by atoms with Crippen LogP contribution >= 0.6 is 0 Å².